The van der Waals surface area contributed by atoms with Crippen molar-refractivity contribution in [1.82, 2.24) is 0 Å². The van der Waals surface area contributed by atoms with E-state index in [-0.39, 0.29) is 58.5 Å². The summed E-state index contributed by atoms with van der Waals surface area (Å²) in [7, 11) is 10.5. The van der Waals surface area contributed by atoms with Gasteiger partial charge in [-0.1, -0.05) is 27.7 Å². The van der Waals surface area contributed by atoms with Crippen LogP contribution in [0, 0.1) is 38.1 Å². The molecule has 1 saturated heterocycles. The van der Waals surface area contributed by atoms with Crippen molar-refractivity contribution in [2.24, 2.45) is 34.5 Å². The molecule has 1 aromatic rings. The summed E-state index contributed by atoms with van der Waals surface area (Å²) in [5, 5.41) is 0.152. The number of halogens is 3. The van der Waals surface area contributed by atoms with E-state index in [2.05, 4.69) is 47.7 Å². The van der Waals surface area contributed by atoms with E-state index in [0.29, 0.717) is 24.2 Å². The molecule has 6 rings (SSSR count). The number of hydrogen-bond acceptors (Lipinski definition) is 7. The zero-order chi connectivity index (χ0) is 35.9. The molecule has 4 aliphatic carbocycles. The summed E-state index contributed by atoms with van der Waals surface area (Å²) in [6.07, 6.45) is 4.55. The predicted molar refractivity (Wildman–Crippen MR) is 204 cm³/mol. The molecule has 11 atom stereocenters. The first-order valence-electron chi connectivity index (χ1n) is 18.2. The van der Waals surface area contributed by atoms with Crippen LogP contribution in [0.5, 0.6) is 0 Å². The van der Waals surface area contributed by atoms with Crippen LogP contribution < -0.4 is 0 Å². The fourth-order valence-corrected chi connectivity index (χ4v) is 14.2. The minimum absolute atomic E-state index is 0.0651. The van der Waals surface area contributed by atoms with Crippen LogP contribution in [-0.4, -0.2) is 56.6 Å². The number of ether oxygens (including phenoxy) is 4. The number of benzene rings is 1. The van der Waals surface area contributed by atoms with Gasteiger partial charge in [0.05, 0.1) is 6.10 Å². The van der Waals surface area contributed by atoms with Gasteiger partial charge >= 0.3 is 202 Å². The molecule has 1 heterocycles. The second-order valence-electron chi connectivity index (χ2n) is 18.0. The van der Waals surface area contributed by atoms with Crippen LogP contribution in [0.15, 0.2) is 24.3 Å². The Hall–Kier alpha value is -0.433. The molecule has 11 heteroatoms. The Morgan fingerprint density at radius 3 is 2.24 bits per heavy atom. The molecule has 5 fully saturated rings. The molecule has 7 nitrogen and oxygen atoms in total. The zero-order valence-electron chi connectivity index (χ0n) is 30.9. The molecule has 0 aromatic heterocycles. The van der Waals surface area contributed by atoms with Crippen LogP contribution in [0.1, 0.15) is 99.5 Å². The van der Waals surface area contributed by atoms with Crippen molar-refractivity contribution in [3.8, 4) is 0 Å². The normalized spacial score (nSPS) is 40.0. The van der Waals surface area contributed by atoms with Gasteiger partial charge in [0.2, 0.25) is 0 Å². The van der Waals surface area contributed by atoms with Gasteiger partial charge in [0.1, 0.15) is 0 Å². The Kier molecular flexibility index (Phi) is 10.5. The van der Waals surface area contributed by atoms with E-state index in [1.165, 1.54) is 6.92 Å². The molecule has 0 spiro atoms. The molecule has 5 aliphatic rings. The first-order valence-corrected chi connectivity index (χ1v) is 27.6. The second-order valence-corrected chi connectivity index (χ2v) is 30.0. The zero-order valence-corrected chi connectivity index (χ0v) is 35.6. The Morgan fingerprint density at radius 2 is 1.59 bits per heavy atom. The molecule has 5 unspecified atom stereocenters. The first-order chi connectivity index (χ1) is 22.7. The summed E-state index contributed by atoms with van der Waals surface area (Å²) in [5.74, 6) is -0.568. The summed E-state index contributed by atoms with van der Waals surface area (Å²) < 4.78 is 34.3. The second kappa shape index (κ2) is 13.5. The third-order valence-electron chi connectivity index (χ3n) is 13.7. The van der Waals surface area contributed by atoms with E-state index in [9.17, 15) is 9.59 Å². The van der Waals surface area contributed by atoms with Crippen molar-refractivity contribution in [2.75, 3.05) is 0 Å². The standard InChI is InChI=1S/C38H57Cl2IO7Si/c1-22(42)44-32-27(45-29(43)21-23-12-11-13-24(20-23)41(39)40)17-19-38(8)26-16-18-37(7)25(14-15-28(37)48-49(9,10)35(2,3)4)30(26)33-34(31(32)38)47-36(5,6)46-33/h11-13,20,25-28,30-34H,14-19,21H2,1-10H3/t25?,26?,27-,28+,30?,31?,32?,33-,34-,37+,38-/m1/s1. The topological polar surface area (TPSA) is 80.3 Å². The van der Waals surface area contributed by atoms with Gasteiger partial charge in [-0.25, -0.2) is 0 Å². The molecule has 0 amide bonds. The van der Waals surface area contributed by atoms with Crippen molar-refractivity contribution in [1.29, 1.82) is 0 Å². The number of hydrogen-bond donors (Lipinski definition) is 0. The monoisotopic (exact) mass is 850 g/mol. The first kappa shape index (κ1) is 38.3. The molecule has 1 aromatic carbocycles. The van der Waals surface area contributed by atoms with Crippen LogP contribution in [0.2, 0.25) is 18.1 Å². The number of carbonyl (C=O) groups excluding carboxylic acids is 2. The SMILES string of the molecule is CC(=O)OC1C2[C@H]3OC(C)(C)O[C@@H]3C3C(CC[C@@]4(C)C3CC[C@@H]4O[Si](C)(C)C(C)(C)C)[C@@]2(C)CC[C@H]1OC(=O)Cc1cccc(I(Cl)Cl)c1. The molecule has 0 bridgehead atoms. The molecular weight excluding hydrogens is 794 g/mol. The molecule has 276 valence electrons. The fourth-order valence-electron chi connectivity index (χ4n) is 10.5. The van der Waals surface area contributed by atoms with E-state index in [1.807, 2.05) is 38.1 Å². The maximum absolute atomic E-state index is 13.5. The van der Waals surface area contributed by atoms with Crippen LogP contribution in [-0.2, 0) is 39.4 Å². The summed E-state index contributed by atoms with van der Waals surface area (Å²) in [6.45, 7) is 22.1. The Bertz CT molecular complexity index is 1430. The van der Waals surface area contributed by atoms with Crippen LogP contribution in [0.4, 0.5) is 0 Å². The third-order valence-corrected chi connectivity index (χ3v) is 22.0. The summed E-state index contributed by atoms with van der Waals surface area (Å²) in [6, 6.07) is 7.56. The van der Waals surface area contributed by atoms with Crippen molar-refractivity contribution >= 4 is 55.6 Å². The maximum atomic E-state index is 13.5. The summed E-state index contributed by atoms with van der Waals surface area (Å²) in [5.41, 5.74) is 0.687. The number of esters is 2. The van der Waals surface area contributed by atoms with Gasteiger partial charge in [0.25, 0.3) is 0 Å². The predicted octanol–water partition coefficient (Wildman–Crippen LogP) is 9.84. The van der Waals surface area contributed by atoms with Gasteiger partial charge < -0.3 is 4.43 Å². The number of fused-ring (bicyclic) bond motifs is 8. The Labute approximate surface area is 309 Å². The van der Waals surface area contributed by atoms with E-state index in [1.54, 1.807) is 0 Å². The van der Waals surface area contributed by atoms with Crippen LogP contribution >= 0.6 is 35.4 Å². The van der Waals surface area contributed by atoms with Crippen LogP contribution in [0.25, 0.3) is 0 Å². The number of carbonyl (C=O) groups is 2. The molecule has 0 radical (unpaired) electrons. The third kappa shape index (κ3) is 7.03. The van der Waals surface area contributed by atoms with Gasteiger partial charge in [-0.05, 0) is 62.6 Å². The van der Waals surface area contributed by atoms with Crippen molar-refractivity contribution in [2.45, 2.75) is 155 Å². The van der Waals surface area contributed by atoms with Crippen molar-refractivity contribution in [3.05, 3.63) is 33.4 Å². The molecule has 1 aliphatic heterocycles. The van der Waals surface area contributed by atoms with Gasteiger partial charge in [-0.15, -0.1) is 0 Å². The quantitative estimate of drug-likeness (QED) is 0.154. The van der Waals surface area contributed by atoms with Gasteiger partial charge in [-0.2, -0.15) is 0 Å². The van der Waals surface area contributed by atoms with Crippen LogP contribution in [0.3, 0.4) is 0 Å². The Balaban J connectivity index is 1.30. The van der Waals surface area contributed by atoms with Gasteiger partial charge in [-0.3, -0.25) is 0 Å². The molecule has 4 saturated carbocycles. The van der Waals surface area contributed by atoms with E-state index in [4.69, 9.17) is 41.2 Å². The number of rotatable bonds is 7. The summed E-state index contributed by atoms with van der Waals surface area (Å²) >= 11 is -2.23. The fraction of sp³-hybridized carbons (Fsp3) is 0.789. The van der Waals surface area contributed by atoms with E-state index < -0.39 is 43.9 Å². The Morgan fingerprint density at radius 1 is 0.939 bits per heavy atom. The van der Waals surface area contributed by atoms with Crippen molar-refractivity contribution in [3.63, 3.8) is 0 Å². The van der Waals surface area contributed by atoms with Gasteiger partial charge in [0.15, 0.2) is 8.32 Å². The van der Waals surface area contributed by atoms with E-state index >= 15 is 0 Å². The average Bonchev–Trinajstić information content (AvgIpc) is 3.48. The summed E-state index contributed by atoms with van der Waals surface area (Å²) in [4.78, 5) is 26.2. The van der Waals surface area contributed by atoms with Gasteiger partial charge in [0, 0.05) is 0 Å². The average molecular weight is 852 g/mol. The van der Waals surface area contributed by atoms with E-state index in [0.717, 1.165) is 41.2 Å². The minimum atomic E-state index is -2.23. The molecule has 0 N–H and O–H groups in total. The van der Waals surface area contributed by atoms with Crippen molar-refractivity contribution < 1.29 is 33.0 Å². The molecule has 49 heavy (non-hydrogen) atoms. The molecular formula is C38H57Cl2IO7Si.